The first-order valence-electron chi connectivity index (χ1n) is 8.24. The van der Waals surface area contributed by atoms with Gasteiger partial charge in [-0.05, 0) is 18.1 Å². The van der Waals surface area contributed by atoms with Crippen molar-refractivity contribution in [1.82, 2.24) is 9.78 Å². The fraction of sp³-hybridized carbons (Fsp3) is 0.412. The van der Waals surface area contributed by atoms with Crippen LogP contribution >= 0.6 is 0 Å². The number of anilines is 2. The molecule has 4 heterocycles. The molecule has 1 aromatic carbocycles. The molecule has 1 amide bonds. The molecule has 0 bridgehead atoms. The molecule has 2 atom stereocenters. The summed E-state index contributed by atoms with van der Waals surface area (Å²) in [7, 11) is 1.88. The van der Waals surface area contributed by atoms with Crippen LogP contribution in [0.5, 0.6) is 0 Å². The van der Waals surface area contributed by atoms with Gasteiger partial charge in [-0.1, -0.05) is 0 Å². The van der Waals surface area contributed by atoms with Crippen LogP contribution in [-0.2, 0) is 31.3 Å². The fourth-order valence-corrected chi connectivity index (χ4v) is 4.14. The van der Waals surface area contributed by atoms with Crippen LogP contribution in [0.25, 0.3) is 0 Å². The Morgan fingerprint density at radius 1 is 1.32 bits per heavy atom. The summed E-state index contributed by atoms with van der Waals surface area (Å²) in [5.41, 5.74) is 4.04. The summed E-state index contributed by atoms with van der Waals surface area (Å²) in [6, 6.07) is 2.96. The molecule has 3 aliphatic rings. The van der Waals surface area contributed by atoms with Gasteiger partial charge in [0.05, 0.1) is 36.3 Å². The van der Waals surface area contributed by atoms with Gasteiger partial charge >= 0.3 is 6.09 Å². The van der Waals surface area contributed by atoms with Crippen molar-refractivity contribution in [1.29, 1.82) is 0 Å². The van der Waals surface area contributed by atoms with Gasteiger partial charge in [-0.25, -0.2) is 9.18 Å². The van der Waals surface area contributed by atoms with Crippen LogP contribution in [-0.4, -0.2) is 39.7 Å². The minimum Gasteiger partial charge on any atom is -0.441 e. The van der Waals surface area contributed by atoms with Gasteiger partial charge in [-0.2, -0.15) is 5.10 Å². The molecule has 1 saturated heterocycles. The monoisotopic (exact) mass is 344 g/mol. The Morgan fingerprint density at radius 2 is 2.16 bits per heavy atom. The Hall–Kier alpha value is -2.61. The smallest absolute Gasteiger partial charge is 0.415 e. The molecule has 7 nitrogen and oxygen atoms in total. The number of aliphatic hydroxyl groups is 1. The maximum absolute atomic E-state index is 14.8. The highest BCUT2D eigenvalue weighted by Gasteiger charge is 2.47. The number of halogens is 1. The van der Waals surface area contributed by atoms with Gasteiger partial charge < -0.3 is 14.7 Å². The molecule has 0 spiro atoms. The summed E-state index contributed by atoms with van der Waals surface area (Å²) < 4.78 is 21.7. The van der Waals surface area contributed by atoms with Crippen LogP contribution in [0.2, 0.25) is 0 Å². The summed E-state index contributed by atoms with van der Waals surface area (Å²) in [5, 5.41) is 13.8. The van der Waals surface area contributed by atoms with Crippen LogP contribution in [0.15, 0.2) is 18.3 Å². The lowest BCUT2D eigenvalue weighted by atomic mass is 10.1. The maximum Gasteiger partial charge on any atom is 0.415 e. The molecule has 1 aromatic heterocycles. The lowest BCUT2D eigenvalue weighted by Gasteiger charge is -2.20. The fourth-order valence-electron chi connectivity index (χ4n) is 4.14. The van der Waals surface area contributed by atoms with E-state index in [0.717, 1.165) is 16.8 Å². The number of aliphatic hydroxyl groups excluding tert-OH is 1. The molecule has 2 aromatic rings. The van der Waals surface area contributed by atoms with Crippen LogP contribution in [0.1, 0.15) is 16.8 Å². The summed E-state index contributed by atoms with van der Waals surface area (Å²) in [5.74, 6) is -0.367. The number of fused-ring (bicyclic) bond motifs is 4. The zero-order valence-electron chi connectivity index (χ0n) is 13.6. The van der Waals surface area contributed by atoms with Gasteiger partial charge in [0.1, 0.15) is 11.9 Å². The van der Waals surface area contributed by atoms with E-state index in [1.807, 2.05) is 24.2 Å². The van der Waals surface area contributed by atoms with Gasteiger partial charge in [-0.15, -0.1) is 0 Å². The first-order chi connectivity index (χ1) is 12.0. The summed E-state index contributed by atoms with van der Waals surface area (Å²) in [6.45, 7) is 0.956. The number of nitrogens with zero attached hydrogens (tertiary/aromatic N) is 4. The van der Waals surface area contributed by atoms with Crippen molar-refractivity contribution in [2.24, 2.45) is 7.05 Å². The molecule has 25 heavy (non-hydrogen) atoms. The zero-order valence-corrected chi connectivity index (χ0v) is 13.6. The van der Waals surface area contributed by atoms with Gasteiger partial charge in [0.25, 0.3) is 0 Å². The minimum atomic E-state index is -0.562. The second-order valence-electron chi connectivity index (χ2n) is 6.81. The molecule has 8 heteroatoms. The van der Waals surface area contributed by atoms with E-state index in [0.29, 0.717) is 30.9 Å². The van der Waals surface area contributed by atoms with Crippen molar-refractivity contribution < 1.29 is 19.0 Å². The predicted molar refractivity (Wildman–Crippen MR) is 86.8 cm³/mol. The molecule has 0 aliphatic carbocycles. The molecule has 1 fully saturated rings. The van der Waals surface area contributed by atoms with E-state index >= 15 is 0 Å². The third-order valence-electron chi connectivity index (χ3n) is 5.26. The number of aromatic nitrogens is 2. The topological polar surface area (TPSA) is 70.8 Å². The van der Waals surface area contributed by atoms with Crippen LogP contribution < -0.4 is 9.80 Å². The lowest BCUT2D eigenvalue weighted by Crippen LogP contribution is -2.34. The van der Waals surface area contributed by atoms with Crippen molar-refractivity contribution >= 4 is 17.5 Å². The van der Waals surface area contributed by atoms with Crippen LogP contribution in [0.4, 0.5) is 20.6 Å². The van der Waals surface area contributed by atoms with Crippen LogP contribution in [0, 0.1) is 5.82 Å². The Labute approximate surface area is 143 Å². The number of hydrogen-bond acceptors (Lipinski definition) is 5. The predicted octanol–water partition coefficient (Wildman–Crippen LogP) is 1.32. The Kier molecular flexibility index (Phi) is 2.91. The molecule has 0 unspecified atom stereocenters. The van der Waals surface area contributed by atoms with Gasteiger partial charge in [-0.3, -0.25) is 9.58 Å². The first-order valence-corrected chi connectivity index (χ1v) is 8.24. The van der Waals surface area contributed by atoms with Crippen molar-refractivity contribution in [3.63, 3.8) is 0 Å². The second kappa shape index (κ2) is 4.95. The second-order valence-corrected chi connectivity index (χ2v) is 6.81. The highest BCUT2D eigenvalue weighted by molar-refractivity contribution is 5.94. The van der Waals surface area contributed by atoms with E-state index in [1.165, 1.54) is 11.0 Å². The van der Waals surface area contributed by atoms with E-state index in [-0.39, 0.29) is 18.5 Å². The van der Waals surface area contributed by atoms with Crippen molar-refractivity contribution in [3.05, 3.63) is 41.0 Å². The number of ether oxygens (including phenoxy) is 1. The number of carbonyl (C=O) groups is 1. The van der Waals surface area contributed by atoms with Crippen molar-refractivity contribution in [2.45, 2.75) is 31.7 Å². The molecule has 0 saturated carbocycles. The van der Waals surface area contributed by atoms with E-state index in [4.69, 9.17) is 4.74 Å². The van der Waals surface area contributed by atoms with Gasteiger partial charge in [0.15, 0.2) is 0 Å². The number of hydrogen-bond donors (Lipinski definition) is 1. The normalized spacial score (nSPS) is 23.7. The SMILES string of the molecule is Cn1cc2c(n1)CN(c1cc3c(cc1F)N1C(=O)O[C@@H](CO)[C@@H]1C3)C2. The van der Waals surface area contributed by atoms with Crippen LogP contribution in [0.3, 0.4) is 0 Å². The number of rotatable bonds is 2. The third kappa shape index (κ3) is 2.00. The minimum absolute atomic E-state index is 0.232. The average Bonchev–Trinajstić information content (AvgIpc) is 3.26. The quantitative estimate of drug-likeness (QED) is 0.890. The Bertz CT molecular complexity index is 873. The Balaban J connectivity index is 1.49. The maximum atomic E-state index is 14.8. The molecular weight excluding hydrogens is 327 g/mol. The highest BCUT2D eigenvalue weighted by atomic mass is 19.1. The van der Waals surface area contributed by atoms with E-state index in [9.17, 15) is 14.3 Å². The average molecular weight is 344 g/mol. The summed E-state index contributed by atoms with van der Waals surface area (Å²) in [4.78, 5) is 15.5. The first kappa shape index (κ1) is 14.7. The van der Waals surface area contributed by atoms with Gasteiger partial charge in [0, 0.05) is 31.4 Å². The number of aryl methyl sites for hydroxylation is 1. The number of benzene rings is 1. The van der Waals surface area contributed by atoms with E-state index < -0.39 is 12.2 Å². The van der Waals surface area contributed by atoms with Crippen molar-refractivity contribution in [2.75, 3.05) is 16.4 Å². The largest absolute Gasteiger partial charge is 0.441 e. The standard InChI is InChI=1S/C17H17FN4O3/c1-20-5-10-6-21(7-12(10)19-20)14-2-9-3-15-16(8-23)25-17(24)22(15)13(9)4-11(14)18/h2,4-5,15-16,23H,3,6-8H2,1H3/t15-,16-/m0/s1. The van der Waals surface area contributed by atoms with E-state index in [2.05, 4.69) is 5.10 Å². The zero-order chi connectivity index (χ0) is 17.3. The number of carbonyl (C=O) groups excluding carboxylic acids is 1. The Morgan fingerprint density at radius 3 is 2.92 bits per heavy atom. The summed E-state index contributed by atoms with van der Waals surface area (Å²) in [6.07, 6.45) is 1.43. The molecular formula is C17H17FN4O3. The molecule has 5 rings (SSSR count). The number of cyclic esters (lactones) is 1. The summed E-state index contributed by atoms with van der Waals surface area (Å²) >= 11 is 0. The third-order valence-corrected chi connectivity index (χ3v) is 5.26. The lowest BCUT2D eigenvalue weighted by molar-refractivity contribution is 0.0830. The molecule has 130 valence electrons. The van der Waals surface area contributed by atoms with Crippen molar-refractivity contribution in [3.8, 4) is 0 Å². The molecule has 0 radical (unpaired) electrons. The highest BCUT2D eigenvalue weighted by Crippen LogP contribution is 2.42. The van der Waals surface area contributed by atoms with E-state index in [1.54, 1.807) is 4.68 Å². The molecule has 3 aliphatic heterocycles. The van der Waals surface area contributed by atoms with Gasteiger partial charge in [0.2, 0.25) is 0 Å². The number of amides is 1. The molecule has 1 N–H and O–H groups in total.